The van der Waals surface area contributed by atoms with Crippen molar-refractivity contribution in [3.8, 4) is 11.3 Å². The summed E-state index contributed by atoms with van der Waals surface area (Å²) in [5, 5.41) is 11.1. The van der Waals surface area contributed by atoms with Gasteiger partial charge in [-0.1, -0.05) is 29.5 Å². The lowest BCUT2D eigenvalue weighted by Crippen LogP contribution is -2.39. The Morgan fingerprint density at radius 2 is 1.97 bits per heavy atom. The van der Waals surface area contributed by atoms with E-state index in [0.29, 0.717) is 37.8 Å². The Bertz CT molecular complexity index is 1760. The number of rotatable bonds is 7. The maximum atomic E-state index is 13.8. The van der Waals surface area contributed by atoms with E-state index in [4.69, 9.17) is 9.15 Å². The molecule has 10 heteroatoms. The highest BCUT2D eigenvalue weighted by molar-refractivity contribution is 7.98. The van der Waals surface area contributed by atoms with Crippen molar-refractivity contribution in [2.45, 2.75) is 31.7 Å². The van der Waals surface area contributed by atoms with Gasteiger partial charge in [-0.2, -0.15) is 0 Å². The van der Waals surface area contributed by atoms with E-state index in [2.05, 4.69) is 4.99 Å². The number of thiazole rings is 1. The topological polar surface area (TPSA) is 109 Å². The average molecular weight is 561 g/mol. The minimum Gasteiger partial charge on any atom is -0.761 e. The summed E-state index contributed by atoms with van der Waals surface area (Å²) >= 11 is 2.85. The number of nitrogens with one attached hydrogen (secondary N) is 1. The zero-order chi connectivity index (χ0) is 27.7. The van der Waals surface area contributed by atoms with Gasteiger partial charge in [0.2, 0.25) is 0 Å². The molecule has 0 fully saturated rings. The van der Waals surface area contributed by atoms with Crippen LogP contribution >= 0.6 is 23.1 Å². The maximum Gasteiger partial charge on any atom is 0.338 e. The number of allylic oxidation sites excluding steroid dienone is 1. The highest BCUT2D eigenvalue weighted by Crippen LogP contribution is 2.32. The molecule has 0 amide bonds. The monoisotopic (exact) mass is 560 g/mol. The largest absolute Gasteiger partial charge is 0.761 e. The number of aryl methyl sites for hydroxylation is 1. The Morgan fingerprint density at radius 3 is 2.67 bits per heavy atom. The van der Waals surface area contributed by atoms with E-state index in [1.807, 2.05) is 49.0 Å². The van der Waals surface area contributed by atoms with Gasteiger partial charge in [0, 0.05) is 22.2 Å². The first-order valence-electron chi connectivity index (χ1n) is 12.3. The first-order valence-corrected chi connectivity index (χ1v) is 14.3. The van der Waals surface area contributed by atoms with E-state index in [9.17, 15) is 14.8 Å². The van der Waals surface area contributed by atoms with Crippen LogP contribution in [0.5, 0.6) is 0 Å². The molecule has 2 aromatic carbocycles. The normalized spacial score (nSPS) is 15.2. The van der Waals surface area contributed by atoms with Gasteiger partial charge in [-0.15, -0.1) is 11.8 Å². The number of esters is 1. The minimum absolute atomic E-state index is 0.215. The molecule has 0 aliphatic carbocycles. The van der Waals surface area contributed by atoms with Crippen molar-refractivity contribution in [3.63, 3.8) is 0 Å². The third-order valence-corrected chi connectivity index (χ3v) is 8.20. The molecule has 0 bridgehead atoms. The molecule has 1 N–H and O–H groups in total. The number of benzene rings is 2. The second kappa shape index (κ2) is 11.1. The molecule has 1 aliphatic rings. The SMILES string of the molecule is CCOC(=O)C1=C(C)N=c2s/c(=C\c3ccc(-c4cc(N[O-])ccc4C)o3)c(=O)n2C1c1ccc(SC)cc1. The Morgan fingerprint density at radius 1 is 1.21 bits per heavy atom. The fourth-order valence-corrected chi connectivity index (χ4v) is 5.98. The highest BCUT2D eigenvalue weighted by atomic mass is 32.2. The quantitative estimate of drug-likeness (QED) is 0.193. The van der Waals surface area contributed by atoms with Gasteiger partial charge in [-0.25, -0.2) is 9.79 Å². The van der Waals surface area contributed by atoms with Crippen molar-refractivity contribution in [1.82, 2.24) is 4.57 Å². The Hall–Kier alpha value is -3.86. The van der Waals surface area contributed by atoms with Gasteiger partial charge >= 0.3 is 5.97 Å². The van der Waals surface area contributed by atoms with E-state index < -0.39 is 12.0 Å². The summed E-state index contributed by atoms with van der Waals surface area (Å²) in [7, 11) is 0. The van der Waals surface area contributed by atoms with Crippen LogP contribution < -0.4 is 20.4 Å². The van der Waals surface area contributed by atoms with Crippen LogP contribution in [0.2, 0.25) is 0 Å². The maximum absolute atomic E-state index is 13.8. The number of nitrogens with zero attached hydrogens (tertiary/aromatic N) is 2. The third kappa shape index (κ3) is 5.10. The standard InChI is InChI=1S/C29H26N3O5S2/c1-5-36-28(34)25-17(3)30-29-32(26(25)18-7-11-21(38-4)12-8-18)27(33)24(39-29)15-20-10-13-23(37-20)22-14-19(31-35)9-6-16(22)2/h6-15,26,31H,5H2,1-4H3/q-1/b24-15-. The number of carbonyl (C=O) groups is 1. The molecule has 4 aromatic rings. The van der Waals surface area contributed by atoms with Gasteiger partial charge in [0.15, 0.2) is 4.80 Å². The lowest BCUT2D eigenvalue weighted by molar-refractivity contribution is -0.139. The molecule has 8 nitrogen and oxygen atoms in total. The fraction of sp³-hybridized carbons (Fsp3) is 0.207. The van der Waals surface area contributed by atoms with Gasteiger partial charge in [0.1, 0.15) is 11.5 Å². The predicted molar refractivity (Wildman–Crippen MR) is 154 cm³/mol. The predicted octanol–water partition coefficient (Wildman–Crippen LogP) is 5.00. The van der Waals surface area contributed by atoms with Gasteiger partial charge in [0.25, 0.3) is 5.56 Å². The summed E-state index contributed by atoms with van der Waals surface area (Å²) in [6.07, 6.45) is 3.67. The van der Waals surface area contributed by atoms with Crippen LogP contribution in [0.4, 0.5) is 5.69 Å². The summed E-state index contributed by atoms with van der Waals surface area (Å²) in [6, 6.07) is 16.0. The average Bonchev–Trinajstić information content (AvgIpc) is 3.52. The minimum atomic E-state index is -0.671. The van der Waals surface area contributed by atoms with Gasteiger partial charge in [0.05, 0.1) is 28.5 Å². The van der Waals surface area contributed by atoms with Crippen LogP contribution in [0, 0.1) is 12.1 Å². The molecule has 0 saturated heterocycles. The van der Waals surface area contributed by atoms with Crippen LogP contribution in [0.25, 0.3) is 17.4 Å². The third-order valence-electron chi connectivity index (χ3n) is 6.47. The van der Waals surface area contributed by atoms with Crippen molar-refractivity contribution >= 4 is 40.8 Å². The molecule has 2 aromatic heterocycles. The van der Waals surface area contributed by atoms with Crippen molar-refractivity contribution in [2.24, 2.45) is 4.99 Å². The van der Waals surface area contributed by atoms with Crippen LogP contribution in [0.15, 0.2) is 85.0 Å². The molecular weight excluding hydrogens is 534 g/mol. The van der Waals surface area contributed by atoms with E-state index in [1.165, 1.54) is 11.3 Å². The highest BCUT2D eigenvalue weighted by Gasteiger charge is 2.33. The molecule has 39 heavy (non-hydrogen) atoms. The first kappa shape index (κ1) is 26.7. The molecule has 1 atom stereocenters. The lowest BCUT2D eigenvalue weighted by Gasteiger charge is -2.24. The lowest BCUT2D eigenvalue weighted by atomic mass is 9.96. The van der Waals surface area contributed by atoms with E-state index in [-0.39, 0.29) is 12.2 Å². The van der Waals surface area contributed by atoms with Gasteiger partial charge < -0.3 is 19.8 Å². The number of aromatic nitrogens is 1. The number of hydrogen-bond donors (Lipinski definition) is 1. The Labute approximate surface area is 232 Å². The van der Waals surface area contributed by atoms with Gasteiger partial charge in [-0.05, 0) is 74.6 Å². The number of anilines is 1. The molecule has 200 valence electrons. The van der Waals surface area contributed by atoms with E-state index in [0.717, 1.165) is 21.6 Å². The molecule has 5 rings (SSSR count). The Balaban J connectivity index is 1.62. The summed E-state index contributed by atoms with van der Waals surface area (Å²) < 4.78 is 13.4. The van der Waals surface area contributed by atoms with E-state index >= 15 is 0 Å². The number of hydrogen-bond acceptors (Lipinski definition) is 9. The number of furan rings is 1. The summed E-state index contributed by atoms with van der Waals surface area (Å²) in [5.74, 6) is 0.570. The molecular formula is C29H26N3O5S2-. The van der Waals surface area contributed by atoms with Crippen molar-refractivity contribution in [1.29, 1.82) is 0 Å². The molecule has 0 saturated carbocycles. The number of thioether (sulfide) groups is 1. The molecule has 0 radical (unpaired) electrons. The van der Waals surface area contributed by atoms with Crippen molar-refractivity contribution < 1.29 is 13.9 Å². The summed E-state index contributed by atoms with van der Waals surface area (Å²) in [5.41, 5.74) is 5.43. The second-order valence-corrected chi connectivity index (χ2v) is 10.8. The van der Waals surface area contributed by atoms with Crippen molar-refractivity contribution in [2.75, 3.05) is 18.3 Å². The van der Waals surface area contributed by atoms with Crippen LogP contribution in [-0.2, 0) is 9.53 Å². The van der Waals surface area contributed by atoms with E-state index in [1.54, 1.807) is 60.5 Å². The molecule has 1 unspecified atom stereocenters. The smallest absolute Gasteiger partial charge is 0.338 e. The van der Waals surface area contributed by atoms with Gasteiger partial charge in [-0.3, -0.25) is 9.36 Å². The molecule has 0 spiro atoms. The fourth-order valence-electron chi connectivity index (χ4n) is 4.55. The molecule has 3 heterocycles. The summed E-state index contributed by atoms with van der Waals surface area (Å²) in [6.45, 7) is 5.65. The number of ether oxygens (including phenoxy) is 1. The zero-order valence-electron chi connectivity index (χ0n) is 21.8. The second-order valence-electron chi connectivity index (χ2n) is 8.91. The van der Waals surface area contributed by atoms with Crippen molar-refractivity contribution in [3.05, 3.63) is 108 Å². The summed E-state index contributed by atoms with van der Waals surface area (Å²) in [4.78, 5) is 33.0. The van der Waals surface area contributed by atoms with Crippen LogP contribution in [0.3, 0.4) is 0 Å². The Kier molecular flexibility index (Phi) is 7.60. The van der Waals surface area contributed by atoms with Crippen LogP contribution in [0.1, 0.15) is 36.8 Å². The number of carbonyl (C=O) groups excluding carboxylic acids is 1. The van der Waals surface area contributed by atoms with Crippen LogP contribution in [-0.4, -0.2) is 23.4 Å². The molecule has 1 aliphatic heterocycles. The number of fused-ring (bicyclic) bond motifs is 1. The first-order chi connectivity index (χ1) is 18.8. The zero-order valence-corrected chi connectivity index (χ0v) is 23.4.